The van der Waals surface area contributed by atoms with Gasteiger partial charge in [0.2, 0.25) is 15.4 Å². The van der Waals surface area contributed by atoms with Crippen molar-refractivity contribution >= 4 is 38.7 Å². The van der Waals surface area contributed by atoms with E-state index in [1.807, 2.05) is 5.32 Å². The number of hydrogen-bond acceptors (Lipinski definition) is 6. The first kappa shape index (κ1) is 24.6. The summed E-state index contributed by atoms with van der Waals surface area (Å²) < 4.78 is 69.4. The molecule has 2 aromatic carbocycles. The normalized spacial score (nSPS) is 13.9. The van der Waals surface area contributed by atoms with E-state index in [-0.39, 0.29) is 20.5 Å². The molecule has 0 spiro atoms. The molecule has 1 unspecified atom stereocenters. The van der Waals surface area contributed by atoms with Crippen molar-refractivity contribution in [3.05, 3.63) is 71.6 Å². The zero-order valence-corrected chi connectivity index (χ0v) is 18.6. The Labute approximate surface area is 192 Å². The number of carbonyl (C=O) groups excluding carboxylic acids is 1. The van der Waals surface area contributed by atoms with Gasteiger partial charge in [-0.15, -0.1) is 0 Å². The zero-order chi connectivity index (χ0) is 24.4. The van der Waals surface area contributed by atoms with Gasteiger partial charge in [0.15, 0.2) is 0 Å². The molecule has 1 amide bonds. The lowest BCUT2D eigenvalue weighted by Crippen LogP contribution is -2.52. The molecule has 1 atom stereocenters. The first-order valence-corrected chi connectivity index (χ1v) is 11.2. The molecule has 0 fully saturated rings. The number of aliphatic hydroxyl groups is 1. The minimum Gasteiger partial charge on any atom is -0.467 e. The smallest absolute Gasteiger partial charge is 0.426 e. The second kappa shape index (κ2) is 9.08. The Morgan fingerprint density at radius 1 is 1.09 bits per heavy atom. The number of benzene rings is 2. The molecule has 12 heteroatoms. The van der Waals surface area contributed by atoms with Crippen LogP contribution in [0.1, 0.15) is 12.7 Å². The lowest BCUT2D eigenvalue weighted by atomic mass is 10.1. The fourth-order valence-electron chi connectivity index (χ4n) is 2.63. The van der Waals surface area contributed by atoms with Crippen LogP contribution in [0.25, 0.3) is 0 Å². The lowest BCUT2D eigenvalue weighted by molar-refractivity contribution is -0.242. The van der Waals surface area contributed by atoms with E-state index >= 15 is 0 Å². The first-order chi connectivity index (χ1) is 15.3. The van der Waals surface area contributed by atoms with E-state index in [1.165, 1.54) is 18.4 Å². The molecule has 0 aliphatic carbocycles. The van der Waals surface area contributed by atoms with E-state index < -0.39 is 27.5 Å². The van der Waals surface area contributed by atoms with E-state index in [9.17, 15) is 31.5 Å². The highest BCUT2D eigenvalue weighted by atomic mass is 35.5. The summed E-state index contributed by atoms with van der Waals surface area (Å²) >= 11 is 5.99. The molecule has 0 bridgehead atoms. The summed E-state index contributed by atoms with van der Waals surface area (Å²) in [4.78, 5) is 11.6. The highest BCUT2D eigenvalue weighted by Crippen LogP contribution is 2.33. The van der Waals surface area contributed by atoms with Crippen LogP contribution in [0, 0.1) is 0 Å². The molecule has 33 heavy (non-hydrogen) atoms. The van der Waals surface area contributed by atoms with Gasteiger partial charge in [0.25, 0.3) is 5.91 Å². The molecule has 3 aromatic rings. The number of furan rings is 1. The van der Waals surface area contributed by atoms with Crippen molar-refractivity contribution in [3.8, 4) is 0 Å². The molecule has 7 nitrogen and oxygen atoms in total. The SMILES string of the molecule is CC(O)(C(=O)Nc1ccc(S(=O)(=O)c2ccc(NCc3ccco3)cc2)cc1Cl)C(F)(F)F. The number of amides is 1. The fraction of sp³-hybridized carbons (Fsp3) is 0.190. The molecule has 0 aliphatic rings. The van der Waals surface area contributed by atoms with Crippen molar-refractivity contribution < 1.29 is 35.9 Å². The molecule has 0 saturated carbocycles. The third-order valence-corrected chi connectivity index (χ3v) is 6.78. The van der Waals surface area contributed by atoms with E-state index in [2.05, 4.69) is 5.32 Å². The first-order valence-electron chi connectivity index (χ1n) is 9.34. The molecular formula is C21H18ClF3N2O5S. The van der Waals surface area contributed by atoms with Crippen LogP contribution in [0.5, 0.6) is 0 Å². The minimum absolute atomic E-state index is 0.0427. The van der Waals surface area contributed by atoms with Crippen LogP contribution in [0.2, 0.25) is 5.02 Å². The van der Waals surface area contributed by atoms with Gasteiger partial charge in [-0.25, -0.2) is 8.42 Å². The van der Waals surface area contributed by atoms with Gasteiger partial charge in [-0.2, -0.15) is 13.2 Å². The second-order valence-electron chi connectivity index (χ2n) is 7.13. The van der Waals surface area contributed by atoms with E-state index in [1.54, 1.807) is 24.3 Å². The van der Waals surface area contributed by atoms with Gasteiger partial charge in [0.05, 0.1) is 33.3 Å². The maximum atomic E-state index is 12.9. The van der Waals surface area contributed by atoms with Crippen molar-refractivity contribution in [2.24, 2.45) is 0 Å². The number of rotatable bonds is 7. The fourth-order valence-corrected chi connectivity index (χ4v) is 4.21. The van der Waals surface area contributed by atoms with Gasteiger partial charge in [-0.1, -0.05) is 11.6 Å². The topological polar surface area (TPSA) is 109 Å². The van der Waals surface area contributed by atoms with Crippen molar-refractivity contribution in [2.75, 3.05) is 10.6 Å². The molecule has 0 saturated heterocycles. The standard InChI is InChI=1S/C21H18ClF3N2O5S/c1-20(29,21(23,24)25)19(28)27-18-9-8-16(11-17(18)22)33(30,31)15-6-4-13(5-7-15)26-12-14-3-2-10-32-14/h2-11,26,29H,12H2,1H3,(H,27,28). The van der Waals surface area contributed by atoms with Crippen LogP contribution in [0.3, 0.4) is 0 Å². The molecule has 3 rings (SSSR count). The summed E-state index contributed by atoms with van der Waals surface area (Å²) in [7, 11) is -4.01. The zero-order valence-electron chi connectivity index (χ0n) is 17.0. The van der Waals surface area contributed by atoms with Gasteiger partial charge >= 0.3 is 6.18 Å². The second-order valence-corrected chi connectivity index (χ2v) is 9.48. The van der Waals surface area contributed by atoms with Crippen LogP contribution in [0.4, 0.5) is 24.5 Å². The quantitative estimate of drug-likeness (QED) is 0.435. The van der Waals surface area contributed by atoms with E-state index in [4.69, 9.17) is 16.0 Å². The Bertz CT molecular complexity index is 1240. The molecule has 1 heterocycles. The van der Waals surface area contributed by atoms with Crippen LogP contribution >= 0.6 is 11.6 Å². The molecule has 1 aromatic heterocycles. The van der Waals surface area contributed by atoms with Gasteiger partial charge in [-0.05, 0) is 61.5 Å². The molecule has 3 N–H and O–H groups in total. The predicted molar refractivity (Wildman–Crippen MR) is 115 cm³/mol. The number of halogens is 4. The van der Waals surface area contributed by atoms with Crippen molar-refractivity contribution in [2.45, 2.75) is 35.0 Å². The highest BCUT2D eigenvalue weighted by Gasteiger charge is 2.55. The average molecular weight is 503 g/mol. The van der Waals surface area contributed by atoms with Gasteiger partial charge in [-0.3, -0.25) is 4.79 Å². The summed E-state index contributed by atoms with van der Waals surface area (Å²) in [5.41, 5.74) is -3.30. The van der Waals surface area contributed by atoms with Crippen LogP contribution < -0.4 is 10.6 Å². The Morgan fingerprint density at radius 2 is 1.73 bits per heavy atom. The Balaban J connectivity index is 1.76. The number of nitrogens with one attached hydrogen (secondary N) is 2. The summed E-state index contributed by atoms with van der Waals surface area (Å²) in [5, 5.41) is 14.0. The number of anilines is 2. The predicted octanol–water partition coefficient (Wildman–Crippen LogP) is 4.63. The van der Waals surface area contributed by atoms with Crippen molar-refractivity contribution in [3.63, 3.8) is 0 Å². The number of alkyl halides is 3. The van der Waals surface area contributed by atoms with Gasteiger partial charge in [0.1, 0.15) is 5.76 Å². The molecular weight excluding hydrogens is 485 g/mol. The largest absolute Gasteiger partial charge is 0.467 e. The molecule has 0 radical (unpaired) electrons. The third kappa shape index (κ3) is 5.32. The summed E-state index contributed by atoms with van der Waals surface area (Å²) in [6.07, 6.45) is -3.68. The Hall–Kier alpha value is -3.02. The Kier molecular flexibility index (Phi) is 6.78. The van der Waals surface area contributed by atoms with Crippen LogP contribution in [-0.4, -0.2) is 31.2 Å². The van der Waals surface area contributed by atoms with E-state index in [0.717, 1.165) is 18.2 Å². The van der Waals surface area contributed by atoms with Gasteiger partial charge in [0, 0.05) is 5.69 Å². The maximum absolute atomic E-state index is 12.9. The number of sulfone groups is 1. The van der Waals surface area contributed by atoms with Crippen molar-refractivity contribution in [1.82, 2.24) is 0 Å². The molecule has 0 aliphatic heterocycles. The summed E-state index contributed by atoms with van der Waals surface area (Å²) in [5.74, 6) is -1.06. The number of carbonyl (C=O) groups is 1. The molecule has 176 valence electrons. The third-order valence-electron chi connectivity index (χ3n) is 4.70. The van der Waals surface area contributed by atoms with Crippen LogP contribution in [0.15, 0.2) is 75.1 Å². The summed E-state index contributed by atoms with van der Waals surface area (Å²) in [6, 6.07) is 12.5. The number of hydrogen-bond donors (Lipinski definition) is 3. The highest BCUT2D eigenvalue weighted by molar-refractivity contribution is 7.91. The maximum Gasteiger partial charge on any atom is 0.426 e. The van der Waals surface area contributed by atoms with Gasteiger partial charge < -0.3 is 20.2 Å². The van der Waals surface area contributed by atoms with Crippen LogP contribution in [-0.2, 0) is 21.2 Å². The Morgan fingerprint density at radius 3 is 2.27 bits per heavy atom. The summed E-state index contributed by atoms with van der Waals surface area (Å²) in [6.45, 7) is 0.700. The average Bonchev–Trinajstić information content (AvgIpc) is 3.26. The monoisotopic (exact) mass is 502 g/mol. The minimum atomic E-state index is -5.22. The van der Waals surface area contributed by atoms with E-state index in [0.29, 0.717) is 24.9 Å². The lowest BCUT2D eigenvalue weighted by Gasteiger charge is -2.25. The van der Waals surface area contributed by atoms with Crippen molar-refractivity contribution in [1.29, 1.82) is 0 Å².